The molecule has 7 heteroatoms. The van der Waals surface area contributed by atoms with Crippen molar-refractivity contribution in [1.29, 1.82) is 0 Å². The number of carbonyl (C=O) groups is 2. The van der Waals surface area contributed by atoms with Gasteiger partial charge in [0.2, 0.25) is 0 Å². The summed E-state index contributed by atoms with van der Waals surface area (Å²) in [6.45, 7) is 11.3. The van der Waals surface area contributed by atoms with Gasteiger partial charge < -0.3 is 20.6 Å². The maximum atomic E-state index is 12.0. The highest BCUT2D eigenvalue weighted by Crippen LogP contribution is 2.25. The molecule has 1 atom stereocenters. The molecule has 2 fully saturated rings. The van der Waals surface area contributed by atoms with Crippen LogP contribution in [0.3, 0.4) is 0 Å². The van der Waals surface area contributed by atoms with Crippen molar-refractivity contribution in [2.75, 3.05) is 39.3 Å². The van der Waals surface area contributed by atoms with Crippen molar-refractivity contribution in [3.8, 4) is 0 Å². The summed E-state index contributed by atoms with van der Waals surface area (Å²) in [6.07, 6.45) is 2.82. The van der Waals surface area contributed by atoms with Crippen LogP contribution in [-0.4, -0.2) is 78.3 Å². The zero-order valence-electron chi connectivity index (χ0n) is 15.8. The second-order valence-corrected chi connectivity index (χ2v) is 7.94. The van der Waals surface area contributed by atoms with Crippen molar-refractivity contribution in [3.05, 3.63) is 0 Å². The predicted octanol–water partition coefficient (Wildman–Crippen LogP) is 1.20. The van der Waals surface area contributed by atoms with E-state index < -0.39 is 5.97 Å². The van der Waals surface area contributed by atoms with E-state index in [-0.39, 0.29) is 24.7 Å². The van der Waals surface area contributed by atoms with Gasteiger partial charge in [-0.3, -0.25) is 9.69 Å². The number of carbonyl (C=O) groups excluding carboxylic acids is 1. The molecule has 1 aliphatic carbocycles. The van der Waals surface area contributed by atoms with Crippen LogP contribution in [0.5, 0.6) is 0 Å². The minimum Gasteiger partial charge on any atom is -0.480 e. The number of nitrogens with zero attached hydrogens (tertiary/aromatic N) is 2. The minimum absolute atomic E-state index is 0.0780. The van der Waals surface area contributed by atoms with Gasteiger partial charge in [-0.2, -0.15) is 0 Å². The first kappa shape index (κ1) is 20.0. The maximum Gasteiger partial charge on any atom is 0.317 e. The van der Waals surface area contributed by atoms with E-state index in [1.165, 1.54) is 0 Å². The minimum atomic E-state index is -0.793. The van der Waals surface area contributed by atoms with Gasteiger partial charge in [0, 0.05) is 31.7 Å². The number of carboxylic acids is 1. The Labute approximate surface area is 151 Å². The van der Waals surface area contributed by atoms with E-state index in [0.717, 1.165) is 52.0 Å². The summed E-state index contributed by atoms with van der Waals surface area (Å²) in [4.78, 5) is 27.3. The lowest BCUT2D eigenvalue weighted by atomic mass is 9.85. The number of hydrogen-bond donors (Lipinski definition) is 3. The fourth-order valence-corrected chi connectivity index (χ4v) is 3.91. The highest BCUT2D eigenvalue weighted by molar-refractivity contribution is 5.74. The zero-order chi connectivity index (χ0) is 18.4. The van der Waals surface area contributed by atoms with Gasteiger partial charge >= 0.3 is 12.0 Å². The number of hydrogen-bond acceptors (Lipinski definition) is 4. The summed E-state index contributed by atoms with van der Waals surface area (Å²) in [5.74, 6) is 0.439. The van der Waals surface area contributed by atoms with Crippen molar-refractivity contribution in [3.63, 3.8) is 0 Å². The Hall–Kier alpha value is -1.34. The fourth-order valence-electron chi connectivity index (χ4n) is 3.91. The number of aliphatic carboxylic acids is 1. The third kappa shape index (κ3) is 6.47. The topological polar surface area (TPSA) is 84.9 Å². The number of rotatable bonds is 9. The van der Waals surface area contributed by atoms with Crippen LogP contribution in [0.2, 0.25) is 0 Å². The van der Waals surface area contributed by atoms with Crippen molar-refractivity contribution in [2.24, 2.45) is 11.8 Å². The molecule has 2 rings (SSSR count). The summed E-state index contributed by atoms with van der Waals surface area (Å²) in [7, 11) is 0. The average molecular weight is 354 g/mol. The van der Waals surface area contributed by atoms with Crippen LogP contribution < -0.4 is 10.6 Å². The van der Waals surface area contributed by atoms with Crippen LogP contribution in [0.4, 0.5) is 4.79 Å². The normalized spacial score (nSPS) is 26.7. The van der Waals surface area contributed by atoms with Gasteiger partial charge in [0.05, 0.1) is 6.54 Å². The molecule has 25 heavy (non-hydrogen) atoms. The first-order chi connectivity index (χ1) is 11.9. The molecular weight excluding hydrogens is 320 g/mol. The van der Waals surface area contributed by atoms with Gasteiger partial charge in [0.1, 0.15) is 0 Å². The second kappa shape index (κ2) is 9.38. The molecule has 144 valence electrons. The molecule has 0 bridgehead atoms. The number of carboxylic acid groups (broad SMARTS) is 1. The Morgan fingerprint density at radius 3 is 2.64 bits per heavy atom. The zero-order valence-corrected chi connectivity index (χ0v) is 15.8. The van der Waals surface area contributed by atoms with Gasteiger partial charge in [-0.25, -0.2) is 4.79 Å². The Balaban J connectivity index is 1.59. The van der Waals surface area contributed by atoms with E-state index in [9.17, 15) is 9.59 Å². The van der Waals surface area contributed by atoms with Crippen LogP contribution in [0.1, 0.15) is 40.0 Å². The molecular formula is C18H34N4O3. The number of urea groups is 1. The third-order valence-corrected chi connectivity index (χ3v) is 5.25. The van der Waals surface area contributed by atoms with E-state index >= 15 is 0 Å². The van der Waals surface area contributed by atoms with Gasteiger partial charge in [-0.15, -0.1) is 0 Å². The highest BCUT2D eigenvalue weighted by atomic mass is 16.4. The molecule has 1 heterocycles. The van der Waals surface area contributed by atoms with Crippen molar-refractivity contribution < 1.29 is 14.7 Å². The van der Waals surface area contributed by atoms with Gasteiger partial charge in [0.25, 0.3) is 0 Å². The Morgan fingerprint density at radius 1 is 1.32 bits per heavy atom. The lowest BCUT2D eigenvalue weighted by molar-refractivity contribution is -0.139. The van der Waals surface area contributed by atoms with Crippen LogP contribution in [-0.2, 0) is 4.79 Å². The molecule has 1 saturated carbocycles. The predicted molar refractivity (Wildman–Crippen MR) is 97.6 cm³/mol. The molecule has 0 spiro atoms. The van der Waals surface area contributed by atoms with Crippen LogP contribution in [0.15, 0.2) is 0 Å². The average Bonchev–Trinajstić information content (AvgIpc) is 2.93. The Bertz CT molecular complexity index is 452. The molecule has 0 aromatic carbocycles. The number of likely N-dealkylation sites (tertiary alicyclic amines) is 1. The van der Waals surface area contributed by atoms with Gasteiger partial charge in [-0.1, -0.05) is 20.8 Å². The molecule has 1 aliphatic heterocycles. The van der Waals surface area contributed by atoms with Crippen LogP contribution in [0.25, 0.3) is 0 Å². The molecule has 1 saturated heterocycles. The molecule has 7 nitrogen and oxygen atoms in total. The van der Waals surface area contributed by atoms with Crippen LogP contribution >= 0.6 is 0 Å². The van der Waals surface area contributed by atoms with Gasteiger partial charge in [0.15, 0.2) is 0 Å². The summed E-state index contributed by atoms with van der Waals surface area (Å²) in [6, 6.07) is 0.340. The first-order valence-electron chi connectivity index (χ1n) is 9.59. The van der Waals surface area contributed by atoms with Crippen molar-refractivity contribution >= 4 is 12.0 Å². The summed E-state index contributed by atoms with van der Waals surface area (Å²) >= 11 is 0. The summed E-state index contributed by atoms with van der Waals surface area (Å²) in [5.41, 5.74) is 0. The fraction of sp³-hybridized carbons (Fsp3) is 0.889. The molecule has 3 N–H and O–H groups in total. The lowest BCUT2D eigenvalue weighted by Crippen LogP contribution is -2.56. The number of nitrogens with one attached hydrogen (secondary N) is 2. The molecule has 0 aromatic heterocycles. The largest absolute Gasteiger partial charge is 0.480 e. The van der Waals surface area contributed by atoms with E-state index in [1.807, 2.05) is 11.8 Å². The van der Waals surface area contributed by atoms with E-state index in [4.69, 9.17) is 5.11 Å². The van der Waals surface area contributed by atoms with E-state index in [0.29, 0.717) is 11.8 Å². The highest BCUT2D eigenvalue weighted by Gasteiger charge is 2.34. The first-order valence-corrected chi connectivity index (χ1v) is 9.59. The number of likely N-dealkylation sites (N-methyl/N-ethyl adjacent to an activating group) is 1. The second-order valence-electron chi connectivity index (χ2n) is 7.94. The molecule has 0 aromatic rings. The Kier molecular flexibility index (Phi) is 7.50. The summed E-state index contributed by atoms with van der Waals surface area (Å²) < 4.78 is 0. The standard InChI is InChI=1S/C18H34N4O3/c1-4-22(12-17(23)24)16-7-15(8-16)20-18(25)19-9-14-5-6-21(11-14)10-13(2)3/h13-16H,4-12H2,1-3H3,(H,23,24)(H2,19,20,25). The quantitative estimate of drug-likeness (QED) is 0.579. The van der Waals surface area contributed by atoms with Crippen molar-refractivity contribution in [1.82, 2.24) is 20.4 Å². The van der Waals surface area contributed by atoms with E-state index in [1.54, 1.807) is 0 Å². The SMILES string of the molecule is CCN(CC(=O)O)C1CC(NC(=O)NCC2CCN(CC(C)C)C2)C1. The smallest absolute Gasteiger partial charge is 0.317 e. The third-order valence-electron chi connectivity index (χ3n) is 5.25. The molecule has 0 radical (unpaired) electrons. The number of amides is 2. The Morgan fingerprint density at radius 2 is 2.04 bits per heavy atom. The van der Waals surface area contributed by atoms with Crippen molar-refractivity contribution in [2.45, 2.75) is 52.1 Å². The molecule has 2 amide bonds. The van der Waals surface area contributed by atoms with E-state index in [2.05, 4.69) is 29.4 Å². The maximum absolute atomic E-state index is 12.0. The van der Waals surface area contributed by atoms with Crippen LogP contribution in [0, 0.1) is 11.8 Å². The lowest BCUT2D eigenvalue weighted by Gasteiger charge is -2.42. The molecule has 2 aliphatic rings. The summed E-state index contributed by atoms with van der Waals surface area (Å²) in [5, 5.41) is 14.9. The molecule has 1 unspecified atom stereocenters. The van der Waals surface area contributed by atoms with Gasteiger partial charge in [-0.05, 0) is 44.2 Å². The monoisotopic (exact) mass is 354 g/mol.